The van der Waals surface area contributed by atoms with Crippen LogP contribution in [0.5, 0.6) is 0 Å². The van der Waals surface area contributed by atoms with Crippen molar-refractivity contribution in [3.8, 4) is 0 Å². The molecule has 1 N–H and O–H groups in total. The van der Waals surface area contributed by atoms with E-state index in [1.807, 2.05) is 32.4 Å². The normalized spacial score (nSPS) is 13.0. The summed E-state index contributed by atoms with van der Waals surface area (Å²) < 4.78 is 15.9. The number of hydrogen-bond acceptors (Lipinski definition) is 2. The average Bonchev–Trinajstić information content (AvgIpc) is 2.88. The van der Waals surface area contributed by atoms with Crippen molar-refractivity contribution >= 4 is 28.5 Å². The Hall–Kier alpha value is -2.40. The zero-order valence-corrected chi connectivity index (χ0v) is 15.9. The van der Waals surface area contributed by atoms with Gasteiger partial charge in [-0.05, 0) is 31.5 Å². The maximum atomic E-state index is 14.1. The van der Waals surface area contributed by atoms with E-state index in [2.05, 4.69) is 10.3 Å². The molecule has 0 bridgehead atoms. The Bertz CT molecular complexity index is 980. The van der Waals surface area contributed by atoms with Crippen LogP contribution in [0.3, 0.4) is 0 Å². The first kappa shape index (κ1) is 18.4. The molecule has 26 heavy (non-hydrogen) atoms. The number of rotatable bonds is 4. The largest absolute Gasteiger partial charge is 0.347 e. The summed E-state index contributed by atoms with van der Waals surface area (Å²) >= 11 is 6.20. The summed E-state index contributed by atoms with van der Waals surface area (Å²) in [6, 6.07) is 8.35. The van der Waals surface area contributed by atoms with Crippen LogP contribution in [0.1, 0.15) is 42.6 Å². The van der Waals surface area contributed by atoms with Crippen LogP contribution < -0.4 is 5.32 Å². The highest BCUT2D eigenvalue weighted by Gasteiger charge is 2.31. The van der Waals surface area contributed by atoms with E-state index in [-0.39, 0.29) is 17.6 Å². The number of aromatic nitrogens is 2. The highest BCUT2D eigenvalue weighted by atomic mass is 35.5. The molecule has 1 atom stereocenters. The van der Waals surface area contributed by atoms with Gasteiger partial charge in [0.25, 0.3) is 5.91 Å². The molecule has 0 radical (unpaired) electrons. The molecule has 3 rings (SSSR count). The van der Waals surface area contributed by atoms with Gasteiger partial charge >= 0.3 is 0 Å². The van der Waals surface area contributed by atoms with Gasteiger partial charge in [0, 0.05) is 36.3 Å². The number of amides is 1. The summed E-state index contributed by atoms with van der Waals surface area (Å²) in [5.74, 6) is -0.765. The number of nitrogens with zero attached hydrogens (tertiary/aromatic N) is 2. The van der Waals surface area contributed by atoms with Gasteiger partial charge in [0.2, 0.25) is 0 Å². The Morgan fingerprint density at radius 2 is 2.04 bits per heavy atom. The Morgan fingerprint density at radius 3 is 2.73 bits per heavy atom. The van der Waals surface area contributed by atoms with Crippen LogP contribution >= 0.6 is 11.6 Å². The monoisotopic (exact) mass is 373 g/mol. The van der Waals surface area contributed by atoms with Gasteiger partial charge in [0.15, 0.2) is 0 Å². The lowest BCUT2D eigenvalue weighted by atomic mass is 9.83. The molecule has 0 aliphatic carbocycles. The second-order valence-electron chi connectivity index (χ2n) is 7.10. The molecular formula is C20H21ClFN3O. The first-order valence-corrected chi connectivity index (χ1v) is 8.76. The average molecular weight is 374 g/mol. The molecule has 0 spiro atoms. The number of halogens is 2. The van der Waals surface area contributed by atoms with E-state index in [0.29, 0.717) is 21.8 Å². The van der Waals surface area contributed by atoms with Gasteiger partial charge < -0.3 is 9.88 Å². The fourth-order valence-corrected chi connectivity index (χ4v) is 3.31. The standard InChI is InChI=1S/C20H21ClFN3O/c1-12(14-7-5-6-8-17(14)22)20(2,3)24-19(26)13-9-15-16(21)11-25(4)18(15)23-10-13/h5-12H,1-4H3,(H,24,26). The van der Waals surface area contributed by atoms with Crippen LogP contribution in [0.2, 0.25) is 5.02 Å². The molecule has 4 nitrogen and oxygen atoms in total. The lowest BCUT2D eigenvalue weighted by Gasteiger charge is -2.33. The van der Waals surface area contributed by atoms with Crippen molar-refractivity contribution in [2.75, 3.05) is 0 Å². The number of nitrogens with one attached hydrogen (secondary N) is 1. The van der Waals surface area contributed by atoms with Gasteiger partial charge in [-0.2, -0.15) is 0 Å². The third-order valence-electron chi connectivity index (χ3n) is 4.92. The molecule has 0 aliphatic rings. The van der Waals surface area contributed by atoms with Gasteiger partial charge in [-0.25, -0.2) is 9.37 Å². The predicted octanol–water partition coefficient (Wildman–Crippen LogP) is 4.68. The van der Waals surface area contributed by atoms with E-state index in [1.54, 1.807) is 30.5 Å². The van der Waals surface area contributed by atoms with E-state index < -0.39 is 5.54 Å². The van der Waals surface area contributed by atoms with Crippen molar-refractivity contribution < 1.29 is 9.18 Å². The Morgan fingerprint density at radius 1 is 1.35 bits per heavy atom. The predicted molar refractivity (Wildman–Crippen MR) is 102 cm³/mol. The van der Waals surface area contributed by atoms with Gasteiger partial charge in [-0.15, -0.1) is 0 Å². The summed E-state index contributed by atoms with van der Waals surface area (Å²) in [4.78, 5) is 17.1. The maximum absolute atomic E-state index is 14.1. The summed E-state index contributed by atoms with van der Waals surface area (Å²) in [6.07, 6.45) is 3.28. The SMILES string of the molecule is CC(c1ccccc1F)C(C)(C)NC(=O)c1cnc2c(c1)c(Cl)cn2C. The number of fused-ring (bicyclic) bond motifs is 1. The number of benzene rings is 1. The van der Waals surface area contributed by atoms with E-state index in [4.69, 9.17) is 11.6 Å². The van der Waals surface area contributed by atoms with Crippen molar-refractivity contribution in [1.29, 1.82) is 0 Å². The Kier molecular flexibility index (Phi) is 4.76. The summed E-state index contributed by atoms with van der Waals surface area (Å²) in [7, 11) is 1.85. The third kappa shape index (κ3) is 3.31. The second kappa shape index (κ2) is 6.72. The van der Waals surface area contributed by atoms with E-state index >= 15 is 0 Å². The topological polar surface area (TPSA) is 46.9 Å². The van der Waals surface area contributed by atoms with Gasteiger partial charge in [-0.1, -0.05) is 36.7 Å². The molecule has 0 saturated carbocycles. The molecular weight excluding hydrogens is 353 g/mol. The minimum absolute atomic E-state index is 0.218. The smallest absolute Gasteiger partial charge is 0.253 e. The highest BCUT2D eigenvalue weighted by molar-refractivity contribution is 6.35. The molecule has 1 amide bonds. The fourth-order valence-electron chi connectivity index (χ4n) is 3.03. The van der Waals surface area contributed by atoms with Crippen molar-refractivity contribution in [1.82, 2.24) is 14.9 Å². The quantitative estimate of drug-likeness (QED) is 0.721. The number of carbonyl (C=O) groups excluding carboxylic acids is 1. The summed E-state index contributed by atoms with van der Waals surface area (Å²) in [5.41, 5.74) is 1.04. The number of hydrogen-bond donors (Lipinski definition) is 1. The molecule has 0 fully saturated rings. The fraction of sp³-hybridized carbons (Fsp3) is 0.300. The first-order valence-electron chi connectivity index (χ1n) is 8.38. The van der Waals surface area contributed by atoms with Crippen LogP contribution in [-0.2, 0) is 7.05 Å². The van der Waals surface area contributed by atoms with Crippen molar-refractivity contribution in [2.45, 2.75) is 32.2 Å². The number of aryl methyl sites for hydroxylation is 1. The van der Waals surface area contributed by atoms with Crippen molar-refractivity contribution in [3.05, 3.63) is 64.7 Å². The highest BCUT2D eigenvalue weighted by Crippen LogP contribution is 2.30. The summed E-state index contributed by atoms with van der Waals surface area (Å²) in [5, 5.41) is 4.26. The minimum atomic E-state index is -0.658. The molecule has 2 heterocycles. The zero-order valence-electron chi connectivity index (χ0n) is 15.2. The number of pyridine rings is 1. The van der Waals surface area contributed by atoms with Crippen LogP contribution in [0, 0.1) is 5.82 Å². The van der Waals surface area contributed by atoms with Crippen molar-refractivity contribution in [2.24, 2.45) is 7.05 Å². The second-order valence-corrected chi connectivity index (χ2v) is 7.51. The van der Waals surface area contributed by atoms with E-state index in [9.17, 15) is 9.18 Å². The Balaban J connectivity index is 1.86. The third-order valence-corrected chi connectivity index (χ3v) is 5.22. The van der Waals surface area contributed by atoms with Gasteiger partial charge in [0.05, 0.1) is 10.6 Å². The van der Waals surface area contributed by atoms with Crippen molar-refractivity contribution in [3.63, 3.8) is 0 Å². The minimum Gasteiger partial charge on any atom is -0.347 e. The maximum Gasteiger partial charge on any atom is 0.253 e. The number of carbonyl (C=O) groups is 1. The van der Waals surface area contributed by atoms with Gasteiger partial charge in [-0.3, -0.25) is 4.79 Å². The lowest BCUT2D eigenvalue weighted by Crippen LogP contribution is -2.47. The van der Waals surface area contributed by atoms with Gasteiger partial charge in [0.1, 0.15) is 11.5 Å². The Labute approximate surface area is 157 Å². The lowest BCUT2D eigenvalue weighted by molar-refractivity contribution is 0.0902. The summed E-state index contributed by atoms with van der Waals surface area (Å²) in [6.45, 7) is 5.65. The van der Waals surface area contributed by atoms with E-state index in [0.717, 1.165) is 5.39 Å². The first-order chi connectivity index (χ1) is 12.2. The molecule has 0 saturated heterocycles. The molecule has 2 aromatic heterocycles. The molecule has 1 unspecified atom stereocenters. The van der Waals surface area contributed by atoms with Crippen LogP contribution in [0.4, 0.5) is 4.39 Å². The van der Waals surface area contributed by atoms with Crippen LogP contribution in [0.15, 0.2) is 42.7 Å². The zero-order chi connectivity index (χ0) is 19.1. The molecule has 1 aromatic carbocycles. The molecule has 6 heteroatoms. The molecule has 136 valence electrons. The molecule has 3 aromatic rings. The van der Waals surface area contributed by atoms with Crippen LogP contribution in [-0.4, -0.2) is 21.0 Å². The van der Waals surface area contributed by atoms with E-state index in [1.165, 1.54) is 12.3 Å². The van der Waals surface area contributed by atoms with Crippen LogP contribution in [0.25, 0.3) is 11.0 Å². The molecule has 0 aliphatic heterocycles.